The molecule has 1 aliphatic heterocycles. The van der Waals surface area contributed by atoms with Crippen molar-refractivity contribution in [2.75, 3.05) is 13.2 Å². The highest BCUT2D eigenvalue weighted by Crippen LogP contribution is 2.53. The summed E-state index contributed by atoms with van der Waals surface area (Å²) in [5, 5.41) is 3.81. The van der Waals surface area contributed by atoms with Crippen LogP contribution in [-0.2, 0) is 4.74 Å². The van der Waals surface area contributed by atoms with Gasteiger partial charge in [-0.2, -0.15) is 0 Å². The fraction of sp³-hybridized carbons (Fsp3) is 1.00. The summed E-state index contributed by atoms with van der Waals surface area (Å²) in [5.74, 6) is 0.851. The second kappa shape index (κ2) is 4.79. The zero-order chi connectivity index (χ0) is 12.6. The van der Waals surface area contributed by atoms with Crippen LogP contribution < -0.4 is 5.32 Å². The molecule has 0 aromatic carbocycles. The molecule has 2 atom stereocenters. The number of ether oxygens (including phenoxy) is 1. The summed E-state index contributed by atoms with van der Waals surface area (Å²) in [6.45, 7) is 6.85. The maximum Gasteiger partial charge on any atom is 0.0685 e. The summed E-state index contributed by atoms with van der Waals surface area (Å²) in [7, 11) is 0. The van der Waals surface area contributed by atoms with Gasteiger partial charge in [0.05, 0.1) is 5.60 Å². The molecule has 2 aliphatic carbocycles. The first-order chi connectivity index (χ1) is 8.68. The van der Waals surface area contributed by atoms with Gasteiger partial charge in [-0.15, -0.1) is 0 Å². The molecule has 0 bridgehead atoms. The molecule has 2 unspecified atom stereocenters. The van der Waals surface area contributed by atoms with Crippen LogP contribution in [0.5, 0.6) is 0 Å². The maximum atomic E-state index is 6.19. The Morgan fingerprint density at radius 2 is 1.94 bits per heavy atom. The van der Waals surface area contributed by atoms with Crippen molar-refractivity contribution in [2.24, 2.45) is 11.3 Å². The van der Waals surface area contributed by atoms with E-state index in [0.717, 1.165) is 25.1 Å². The van der Waals surface area contributed by atoms with Crippen molar-refractivity contribution >= 4 is 0 Å². The Hall–Kier alpha value is -0.0800. The van der Waals surface area contributed by atoms with E-state index in [9.17, 15) is 0 Å². The van der Waals surface area contributed by atoms with Crippen LogP contribution in [0, 0.1) is 11.3 Å². The van der Waals surface area contributed by atoms with E-state index in [2.05, 4.69) is 19.2 Å². The Kier molecular flexibility index (Phi) is 3.44. The van der Waals surface area contributed by atoms with Gasteiger partial charge in [0.15, 0.2) is 0 Å². The Morgan fingerprint density at radius 3 is 2.56 bits per heavy atom. The second-order valence-electron chi connectivity index (χ2n) is 7.18. The van der Waals surface area contributed by atoms with E-state index < -0.39 is 0 Å². The van der Waals surface area contributed by atoms with E-state index in [1.165, 1.54) is 51.4 Å². The van der Waals surface area contributed by atoms with Gasteiger partial charge in [-0.25, -0.2) is 0 Å². The molecule has 2 saturated carbocycles. The summed E-state index contributed by atoms with van der Waals surface area (Å²) in [4.78, 5) is 0. The number of nitrogens with one attached hydrogen (secondary N) is 1. The molecule has 1 heterocycles. The van der Waals surface area contributed by atoms with Crippen LogP contribution in [-0.4, -0.2) is 24.8 Å². The largest absolute Gasteiger partial charge is 0.375 e. The van der Waals surface area contributed by atoms with Crippen molar-refractivity contribution in [1.29, 1.82) is 0 Å². The summed E-state index contributed by atoms with van der Waals surface area (Å²) >= 11 is 0. The lowest BCUT2D eigenvalue weighted by Gasteiger charge is -2.43. The van der Waals surface area contributed by atoms with E-state index in [-0.39, 0.29) is 5.60 Å². The molecular formula is C16H29NO. The highest BCUT2D eigenvalue weighted by atomic mass is 16.5. The molecule has 0 radical (unpaired) electrons. The first-order valence-electron chi connectivity index (χ1n) is 8.05. The molecule has 1 spiro atoms. The molecule has 18 heavy (non-hydrogen) atoms. The van der Waals surface area contributed by atoms with Gasteiger partial charge in [0.2, 0.25) is 0 Å². The van der Waals surface area contributed by atoms with Crippen molar-refractivity contribution < 1.29 is 4.74 Å². The Bertz CT molecular complexity index is 291. The van der Waals surface area contributed by atoms with Gasteiger partial charge in [-0.3, -0.25) is 0 Å². The minimum absolute atomic E-state index is 0.280. The van der Waals surface area contributed by atoms with Crippen molar-refractivity contribution in [3.05, 3.63) is 0 Å². The average Bonchev–Trinajstić information content (AvgIpc) is 2.96. The monoisotopic (exact) mass is 251 g/mol. The molecule has 2 nitrogen and oxygen atoms in total. The molecule has 1 N–H and O–H groups in total. The predicted molar refractivity (Wildman–Crippen MR) is 74.7 cm³/mol. The normalized spacial score (nSPS) is 34.7. The van der Waals surface area contributed by atoms with Crippen LogP contribution in [0.15, 0.2) is 0 Å². The lowest BCUT2D eigenvalue weighted by molar-refractivity contribution is -0.101. The minimum Gasteiger partial charge on any atom is -0.375 e. The quantitative estimate of drug-likeness (QED) is 0.825. The van der Waals surface area contributed by atoms with Crippen LogP contribution in [0.2, 0.25) is 0 Å². The van der Waals surface area contributed by atoms with Crippen LogP contribution in [0.4, 0.5) is 0 Å². The van der Waals surface area contributed by atoms with E-state index >= 15 is 0 Å². The van der Waals surface area contributed by atoms with E-state index in [1.807, 2.05) is 0 Å². The molecule has 104 valence electrons. The Labute approximate surface area is 112 Å². The third kappa shape index (κ3) is 2.34. The highest BCUT2D eigenvalue weighted by Gasteiger charge is 2.50. The third-order valence-corrected chi connectivity index (χ3v) is 5.73. The van der Waals surface area contributed by atoms with Crippen molar-refractivity contribution in [3.8, 4) is 0 Å². The Morgan fingerprint density at radius 1 is 1.22 bits per heavy atom. The summed E-state index contributed by atoms with van der Waals surface area (Å²) in [6, 6.07) is 0.740. The molecule has 3 fully saturated rings. The fourth-order valence-corrected chi connectivity index (χ4v) is 4.43. The SMILES string of the molecule is CCNC(C1CCOC2(CCCC2)C1)C1(C)CC1. The van der Waals surface area contributed by atoms with Crippen molar-refractivity contribution in [3.63, 3.8) is 0 Å². The first kappa shape index (κ1) is 12.9. The zero-order valence-electron chi connectivity index (χ0n) is 12.1. The van der Waals surface area contributed by atoms with Gasteiger partial charge >= 0.3 is 0 Å². The van der Waals surface area contributed by atoms with Crippen molar-refractivity contribution in [1.82, 2.24) is 5.32 Å². The number of rotatable bonds is 4. The highest BCUT2D eigenvalue weighted by molar-refractivity contribution is 5.04. The molecule has 0 aromatic heterocycles. The van der Waals surface area contributed by atoms with Gasteiger partial charge in [0.25, 0.3) is 0 Å². The zero-order valence-corrected chi connectivity index (χ0v) is 12.1. The second-order valence-corrected chi connectivity index (χ2v) is 7.18. The number of hydrogen-bond donors (Lipinski definition) is 1. The minimum atomic E-state index is 0.280. The van der Waals surface area contributed by atoms with Gasteiger partial charge in [-0.05, 0) is 56.4 Å². The molecule has 3 aliphatic rings. The average molecular weight is 251 g/mol. The summed E-state index contributed by atoms with van der Waals surface area (Å²) in [5.41, 5.74) is 0.875. The molecule has 3 rings (SSSR count). The summed E-state index contributed by atoms with van der Waals surface area (Å²) < 4.78 is 6.19. The molecule has 0 aromatic rings. The Balaban J connectivity index is 1.69. The first-order valence-corrected chi connectivity index (χ1v) is 8.05. The molecule has 1 saturated heterocycles. The van der Waals surface area contributed by atoms with E-state index in [0.29, 0.717) is 5.41 Å². The lowest BCUT2D eigenvalue weighted by Crippen LogP contribution is -2.49. The van der Waals surface area contributed by atoms with E-state index in [1.54, 1.807) is 0 Å². The third-order valence-electron chi connectivity index (χ3n) is 5.73. The maximum absolute atomic E-state index is 6.19. The van der Waals surface area contributed by atoms with Crippen molar-refractivity contribution in [2.45, 2.75) is 76.9 Å². The molecular weight excluding hydrogens is 222 g/mol. The van der Waals surface area contributed by atoms with Crippen LogP contribution >= 0.6 is 0 Å². The lowest BCUT2D eigenvalue weighted by atomic mass is 9.76. The van der Waals surface area contributed by atoms with Crippen LogP contribution in [0.3, 0.4) is 0 Å². The van der Waals surface area contributed by atoms with Crippen LogP contribution in [0.1, 0.15) is 65.2 Å². The fourth-order valence-electron chi connectivity index (χ4n) is 4.43. The molecule has 2 heteroatoms. The number of hydrogen-bond acceptors (Lipinski definition) is 2. The summed E-state index contributed by atoms with van der Waals surface area (Å²) in [6.07, 6.45) is 10.9. The predicted octanol–water partition coefficient (Wildman–Crippen LogP) is 3.50. The van der Waals surface area contributed by atoms with Gasteiger partial charge in [0.1, 0.15) is 0 Å². The molecule has 0 amide bonds. The van der Waals surface area contributed by atoms with Crippen LogP contribution in [0.25, 0.3) is 0 Å². The smallest absolute Gasteiger partial charge is 0.0685 e. The van der Waals surface area contributed by atoms with Gasteiger partial charge in [0, 0.05) is 12.6 Å². The van der Waals surface area contributed by atoms with Gasteiger partial charge in [-0.1, -0.05) is 26.7 Å². The van der Waals surface area contributed by atoms with E-state index in [4.69, 9.17) is 4.74 Å². The topological polar surface area (TPSA) is 21.3 Å². The van der Waals surface area contributed by atoms with Gasteiger partial charge < -0.3 is 10.1 Å². The standard InChI is InChI=1S/C16H29NO/c1-3-17-14(15(2)9-10-15)13-6-11-18-16(12-13)7-4-5-8-16/h13-14,17H,3-12H2,1-2H3.